The summed E-state index contributed by atoms with van der Waals surface area (Å²) in [5, 5.41) is 0. The third-order valence-corrected chi connectivity index (χ3v) is 3.76. The molecule has 2 heterocycles. The van der Waals surface area contributed by atoms with Crippen LogP contribution in [0.2, 0.25) is 0 Å². The Morgan fingerprint density at radius 3 is 2.70 bits per heavy atom. The highest BCUT2D eigenvalue weighted by Crippen LogP contribution is 2.28. The molecule has 110 valence electrons. The van der Waals surface area contributed by atoms with Gasteiger partial charge in [-0.25, -0.2) is 15.8 Å². The fourth-order valence-electron chi connectivity index (χ4n) is 2.66. The van der Waals surface area contributed by atoms with Crippen molar-refractivity contribution in [3.8, 4) is 0 Å². The van der Waals surface area contributed by atoms with E-state index in [9.17, 15) is 4.79 Å². The van der Waals surface area contributed by atoms with Gasteiger partial charge in [-0.05, 0) is 19.3 Å². The topological polar surface area (TPSA) is 110 Å². The molecule has 1 aromatic rings. The third kappa shape index (κ3) is 2.98. The predicted molar refractivity (Wildman–Crippen MR) is 78.0 cm³/mol. The number of carbonyl (C=O) groups excluding carboxylic acids is 1. The number of nitrogen functional groups attached to an aromatic ring is 1. The van der Waals surface area contributed by atoms with Crippen molar-refractivity contribution in [2.45, 2.75) is 32.6 Å². The Kier molecular flexibility index (Phi) is 4.73. The maximum Gasteiger partial charge on any atom is 0.220 e. The molecule has 2 rings (SSSR count). The second-order valence-corrected chi connectivity index (χ2v) is 5.08. The van der Waals surface area contributed by atoms with Gasteiger partial charge in [0.15, 0.2) is 0 Å². The average Bonchev–Trinajstić information content (AvgIpc) is 2.48. The normalized spacial score (nSPS) is 16.2. The number of nitrogens with two attached hydrogens (primary N) is 2. The largest absolute Gasteiger partial charge is 0.369 e. The number of hydrogen-bond acceptors (Lipinski definition) is 6. The summed E-state index contributed by atoms with van der Waals surface area (Å²) in [6.45, 7) is 3.67. The molecule has 1 aromatic heterocycles. The zero-order valence-electron chi connectivity index (χ0n) is 11.8. The minimum atomic E-state index is -0.203. The number of piperidine rings is 1. The molecule has 7 heteroatoms. The number of nitrogens with zero attached hydrogens (tertiary/aromatic N) is 3. The molecule has 1 fully saturated rings. The second-order valence-electron chi connectivity index (χ2n) is 5.08. The molecule has 0 radical (unpaired) electrons. The lowest BCUT2D eigenvalue weighted by Gasteiger charge is -2.32. The number of hydrazine groups is 1. The summed E-state index contributed by atoms with van der Waals surface area (Å²) >= 11 is 0. The molecule has 0 atom stereocenters. The van der Waals surface area contributed by atoms with Crippen LogP contribution in [0.1, 0.15) is 31.7 Å². The van der Waals surface area contributed by atoms with E-state index >= 15 is 0 Å². The standard InChI is InChI=1S/C13H22N6O/c1-2-3-10-12(18-15)16-8-17-13(10)19-6-4-9(5-7-19)11(14)20/h8-9H,2-7,15H2,1H3,(H2,14,20)(H,16,17,18). The van der Waals surface area contributed by atoms with Crippen molar-refractivity contribution in [2.75, 3.05) is 23.4 Å². The molecule has 1 aliphatic heterocycles. The number of anilines is 2. The van der Waals surface area contributed by atoms with Crippen molar-refractivity contribution >= 4 is 17.5 Å². The number of amides is 1. The molecule has 0 spiro atoms. The van der Waals surface area contributed by atoms with Gasteiger partial charge < -0.3 is 16.1 Å². The van der Waals surface area contributed by atoms with Crippen LogP contribution in [0.25, 0.3) is 0 Å². The van der Waals surface area contributed by atoms with Gasteiger partial charge in [0, 0.05) is 24.6 Å². The lowest BCUT2D eigenvalue weighted by Crippen LogP contribution is -2.39. The van der Waals surface area contributed by atoms with Crippen molar-refractivity contribution in [1.82, 2.24) is 9.97 Å². The third-order valence-electron chi connectivity index (χ3n) is 3.76. The molecule has 5 N–H and O–H groups in total. The number of rotatable bonds is 5. The molecule has 1 saturated heterocycles. The summed E-state index contributed by atoms with van der Waals surface area (Å²) in [6, 6.07) is 0. The number of hydrogen-bond donors (Lipinski definition) is 3. The Morgan fingerprint density at radius 2 is 2.15 bits per heavy atom. The van der Waals surface area contributed by atoms with Gasteiger partial charge in [0.1, 0.15) is 18.0 Å². The van der Waals surface area contributed by atoms with Crippen LogP contribution < -0.4 is 21.9 Å². The van der Waals surface area contributed by atoms with E-state index in [-0.39, 0.29) is 11.8 Å². The van der Waals surface area contributed by atoms with E-state index in [4.69, 9.17) is 11.6 Å². The summed E-state index contributed by atoms with van der Waals surface area (Å²) in [4.78, 5) is 22.0. The van der Waals surface area contributed by atoms with Gasteiger partial charge in [0.25, 0.3) is 0 Å². The zero-order chi connectivity index (χ0) is 14.5. The first-order valence-corrected chi connectivity index (χ1v) is 7.02. The van der Waals surface area contributed by atoms with Crippen molar-refractivity contribution in [3.63, 3.8) is 0 Å². The van der Waals surface area contributed by atoms with Crippen LogP contribution in [0.5, 0.6) is 0 Å². The van der Waals surface area contributed by atoms with Crippen molar-refractivity contribution < 1.29 is 4.79 Å². The second kappa shape index (κ2) is 6.51. The minimum absolute atomic E-state index is 0.0187. The van der Waals surface area contributed by atoms with Gasteiger partial charge >= 0.3 is 0 Å². The van der Waals surface area contributed by atoms with Gasteiger partial charge in [0.05, 0.1) is 0 Å². The van der Waals surface area contributed by atoms with Crippen LogP contribution in [0.3, 0.4) is 0 Å². The van der Waals surface area contributed by atoms with E-state index in [1.165, 1.54) is 6.33 Å². The van der Waals surface area contributed by atoms with Crippen molar-refractivity contribution in [3.05, 3.63) is 11.9 Å². The van der Waals surface area contributed by atoms with Gasteiger partial charge in [-0.15, -0.1) is 0 Å². The number of primary amides is 1. The highest BCUT2D eigenvalue weighted by molar-refractivity contribution is 5.77. The molecule has 0 aliphatic carbocycles. The lowest BCUT2D eigenvalue weighted by molar-refractivity contribution is -0.122. The minimum Gasteiger partial charge on any atom is -0.369 e. The Bertz CT molecular complexity index is 470. The molecular formula is C13H22N6O. The molecule has 0 saturated carbocycles. The molecule has 20 heavy (non-hydrogen) atoms. The summed E-state index contributed by atoms with van der Waals surface area (Å²) in [6.07, 6.45) is 4.93. The molecular weight excluding hydrogens is 256 g/mol. The van der Waals surface area contributed by atoms with Gasteiger partial charge in [-0.1, -0.05) is 13.3 Å². The van der Waals surface area contributed by atoms with Crippen molar-refractivity contribution in [2.24, 2.45) is 17.5 Å². The molecule has 1 aliphatic rings. The van der Waals surface area contributed by atoms with Gasteiger partial charge in [-0.3, -0.25) is 4.79 Å². The summed E-state index contributed by atoms with van der Waals surface area (Å²) in [5.41, 5.74) is 9.04. The number of nitrogens with one attached hydrogen (secondary N) is 1. The van der Waals surface area contributed by atoms with E-state index in [1.807, 2.05) is 0 Å². The van der Waals surface area contributed by atoms with Crippen LogP contribution in [0.4, 0.5) is 11.6 Å². The lowest BCUT2D eigenvalue weighted by atomic mass is 9.96. The van der Waals surface area contributed by atoms with E-state index in [0.717, 1.165) is 50.2 Å². The Morgan fingerprint density at radius 1 is 1.45 bits per heavy atom. The first-order valence-electron chi connectivity index (χ1n) is 7.02. The quantitative estimate of drug-likeness (QED) is 0.531. The number of aromatic nitrogens is 2. The van der Waals surface area contributed by atoms with Crippen LogP contribution in [0, 0.1) is 5.92 Å². The fourth-order valence-corrected chi connectivity index (χ4v) is 2.66. The summed E-state index contributed by atoms with van der Waals surface area (Å²) in [5.74, 6) is 6.89. The highest BCUT2D eigenvalue weighted by atomic mass is 16.1. The molecule has 0 unspecified atom stereocenters. The van der Waals surface area contributed by atoms with Gasteiger partial charge in [-0.2, -0.15) is 0 Å². The van der Waals surface area contributed by atoms with Crippen LogP contribution in [0.15, 0.2) is 6.33 Å². The molecule has 0 aromatic carbocycles. The Labute approximate surface area is 118 Å². The first-order chi connectivity index (χ1) is 9.67. The monoisotopic (exact) mass is 278 g/mol. The zero-order valence-corrected chi connectivity index (χ0v) is 11.8. The maximum atomic E-state index is 11.2. The molecule has 1 amide bonds. The number of carbonyl (C=O) groups is 1. The molecule has 7 nitrogen and oxygen atoms in total. The van der Waals surface area contributed by atoms with Gasteiger partial charge in [0.2, 0.25) is 5.91 Å². The van der Waals surface area contributed by atoms with E-state index in [0.29, 0.717) is 5.82 Å². The van der Waals surface area contributed by atoms with E-state index in [1.54, 1.807) is 0 Å². The molecule has 0 bridgehead atoms. The van der Waals surface area contributed by atoms with E-state index in [2.05, 4.69) is 27.2 Å². The van der Waals surface area contributed by atoms with E-state index < -0.39 is 0 Å². The van der Waals surface area contributed by atoms with Crippen LogP contribution >= 0.6 is 0 Å². The maximum absolute atomic E-state index is 11.2. The summed E-state index contributed by atoms with van der Waals surface area (Å²) in [7, 11) is 0. The Balaban J connectivity index is 2.18. The average molecular weight is 278 g/mol. The summed E-state index contributed by atoms with van der Waals surface area (Å²) < 4.78 is 0. The fraction of sp³-hybridized carbons (Fsp3) is 0.615. The van der Waals surface area contributed by atoms with Crippen molar-refractivity contribution in [1.29, 1.82) is 0 Å². The highest BCUT2D eigenvalue weighted by Gasteiger charge is 2.25. The Hall–Kier alpha value is -1.89. The van der Waals surface area contributed by atoms with Crippen LogP contribution in [-0.4, -0.2) is 29.0 Å². The first kappa shape index (κ1) is 14.5. The smallest absolute Gasteiger partial charge is 0.220 e. The SMILES string of the molecule is CCCc1c(NN)ncnc1N1CCC(C(N)=O)CC1. The van der Waals surface area contributed by atoms with Crippen LogP contribution in [-0.2, 0) is 11.2 Å². The predicted octanol–water partition coefficient (Wildman–Crippen LogP) is 0.416.